The number of aryl methyl sites for hydroxylation is 1. The first kappa shape index (κ1) is 19.3. The average molecular weight is 388 g/mol. The molecule has 0 saturated heterocycles. The van der Waals surface area contributed by atoms with Crippen LogP contribution in [-0.4, -0.2) is 39.3 Å². The average Bonchev–Trinajstić information content (AvgIpc) is 2.74. The molecule has 0 radical (unpaired) electrons. The monoisotopic (exact) mass is 388 g/mol. The van der Waals surface area contributed by atoms with Crippen molar-refractivity contribution in [2.24, 2.45) is 7.05 Å². The second-order valence-corrected chi connectivity index (χ2v) is 8.52. The highest BCUT2D eigenvalue weighted by atomic mass is 32.3. The Morgan fingerprint density at radius 3 is 2.18 bits per heavy atom. The number of rotatable bonds is 3. The number of thiazole rings is 1. The Kier molecular flexibility index (Phi) is 6.32. The maximum Gasteiger partial charge on any atom is 0.397 e. The van der Waals surface area contributed by atoms with E-state index in [2.05, 4.69) is 4.18 Å². The summed E-state index contributed by atoms with van der Waals surface area (Å²) in [5.74, 6) is 0. The van der Waals surface area contributed by atoms with E-state index in [0.29, 0.717) is 0 Å². The predicted octanol–water partition coefficient (Wildman–Crippen LogP) is 1.13. The van der Waals surface area contributed by atoms with E-state index in [-0.39, 0.29) is 4.90 Å². The van der Waals surface area contributed by atoms with Gasteiger partial charge in [-0.2, -0.15) is 21.4 Å². The molecular weight excluding hydrogens is 374 g/mol. The fourth-order valence-corrected chi connectivity index (χ4v) is 3.78. The minimum Gasteiger partial charge on any atom is -0.282 e. The molecular formula is C10H14NO7S4+. The summed E-state index contributed by atoms with van der Waals surface area (Å²) in [6.45, 7) is 0. The molecule has 2 rings (SSSR count). The third-order valence-corrected chi connectivity index (χ3v) is 6.10. The lowest BCUT2D eigenvalue weighted by Crippen LogP contribution is -2.28. The van der Waals surface area contributed by atoms with Crippen LogP contribution in [0.15, 0.2) is 27.4 Å². The summed E-state index contributed by atoms with van der Waals surface area (Å²) >= 11 is 3.20. The molecule has 22 heavy (non-hydrogen) atoms. The Morgan fingerprint density at radius 2 is 1.77 bits per heavy atom. The van der Waals surface area contributed by atoms with Crippen LogP contribution in [0.5, 0.6) is 0 Å². The highest BCUT2D eigenvalue weighted by molar-refractivity contribution is 8.00. The quantitative estimate of drug-likeness (QED) is 0.456. The molecule has 2 N–H and O–H groups in total. The van der Waals surface area contributed by atoms with Gasteiger partial charge in [-0.15, -0.1) is 0 Å². The first-order valence-corrected chi connectivity index (χ1v) is 10.3. The third kappa shape index (κ3) is 5.15. The van der Waals surface area contributed by atoms with E-state index in [0.717, 1.165) is 21.7 Å². The maximum absolute atomic E-state index is 11.0. The van der Waals surface area contributed by atoms with E-state index in [9.17, 15) is 16.8 Å². The van der Waals surface area contributed by atoms with E-state index in [1.54, 1.807) is 29.2 Å². The molecule has 12 heteroatoms. The second kappa shape index (κ2) is 7.21. The van der Waals surface area contributed by atoms with Crippen LogP contribution in [-0.2, 0) is 31.7 Å². The number of hydrogen-bond donors (Lipinski definition) is 2. The molecule has 124 valence electrons. The van der Waals surface area contributed by atoms with Crippen molar-refractivity contribution in [2.45, 2.75) is 9.24 Å². The lowest BCUT2D eigenvalue weighted by molar-refractivity contribution is -0.676. The standard InChI is InChI=1S/C9H9NO3S3.CH4O4S/c1-10-7-5-6(16(11,12)13)3-4-8(7)15-9(10)14-2;1-5-6(2,3)4/h3-5H,1-2H3;1H3,(H,2,3,4)/p+1. The van der Waals surface area contributed by atoms with Gasteiger partial charge in [0.15, 0.2) is 0 Å². The summed E-state index contributed by atoms with van der Waals surface area (Å²) in [7, 11) is -5.54. The number of aromatic nitrogens is 1. The lowest BCUT2D eigenvalue weighted by atomic mass is 10.3. The molecule has 0 spiro atoms. The summed E-state index contributed by atoms with van der Waals surface area (Å²) in [5.41, 5.74) is 0.810. The summed E-state index contributed by atoms with van der Waals surface area (Å²) in [6, 6.07) is 4.61. The van der Waals surface area contributed by atoms with Gasteiger partial charge in [0.2, 0.25) is 5.52 Å². The third-order valence-electron chi connectivity index (χ3n) is 2.45. The SMILES string of the molecule is COS(=O)(=O)O.CSc1sc2ccc(S(=O)(=O)O)cc2[n+]1C. The molecule has 0 bridgehead atoms. The van der Waals surface area contributed by atoms with Crippen LogP contribution in [0.1, 0.15) is 0 Å². The van der Waals surface area contributed by atoms with E-state index in [4.69, 9.17) is 9.11 Å². The van der Waals surface area contributed by atoms with E-state index >= 15 is 0 Å². The zero-order valence-corrected chi connectivity index (χ0v) is 15.0. The molecule has 0 aliphatic carbocycles. The van der Waals surface area contributed by atoms with Crippen molar-refractivity contribution < 1.29 is 34.7 Å². The van der Waals surface area contributed by atoms with Crippen molar-refractivity contribution in [3.63, 3.8) is 0 Å². The van der Waals surface area contributed by atoms with Gasteiger partial charge in [-0.3, -0.25) is 13.3 Å². The van der Waals surface area contributed by atoms with Gasteiger partial charge in [-0.1, -0.05) is 11.3 Å². The molecule has 0 atom stereocenters. The molecule has 0 amide bonds. The van der Waals surface area contributed by atoms with Gasteiger partial charge in [0.05, 0.1) is 7.11 Å². The Bertz CT molecular complexity index is 870. The van der Waals surface area contributed by atoms with Crippen molar-refractivity contribution in [1.29, 1.82) is 0 Å². The summed E-state index contributed by atoms with van der Waals surface area (Å²) in [4.78, 5) is -0.0685. The number of thioether (sulfide) groups is 1. The molecule has 1 aromatic carbocycles. The van der Waals surface area contributed by atoms with Crippen molar-refractivity contribution >= 4 is 53.8 Å². The molecule has 0 fully saturated rings. The number of hydrogen-bond acceptors (Lipinski definition) is 7. The maximum atomic E-state index is 11.0. The second-order valence-electron chi connectivity index (χ2n) is 3.83. The Labute approximate surface area is 136 Å². The fraction of sp³-hybridized carbons (Fsp3) is 0.300. The zero-order chi connectivity index (χ0) is 17.1. The van der Waals surface area contributed by atoms with Gasteiger partial charge >= 0.3 is 10.4 Å². The van der Waals surface area contributed by atoms with Crippen LogP contribution in [0.2, 0.25) is 0 Å². The van der Waals surface area contributed by atoms with Gasteiger partial charge in [-0.25, -0.2) is 0 Å². The number of benzene rings is 1. The minimum atomic E-state index is -4.16. The van der Waals surface area contributed by atoms with Crippen molar-refractivity contribution in [3.8, 4) is 0 Å². The van der Waals surface area contributed by atoms with Crippen LogP contribution in [0.3, 0.4) is 0 Å². The Hall–Kier alpha value is -0.760. The molecule has 0 aliphatic heterocycles. The molecule has 0 aliphatic rings. The van der Waals surface area contributed by atoms with Crippen LogP contribution in [0.4, 0.5) is 0 Å². The molecule has 1 aromatic heterocycles. The largest absolute Gasteiger partial charge is 0.397 e. The van der Waals surface area contributed by atoms with Crippen molar-refractivity contribution in [2.75, 3.05) is 13.4 Å². The van der Waals surface area contributed by atoms with Crippen LogP contribution >= 0.6 is 23.1 Å². The first-order chi connectivity index (χ1) is 9.99. The van der Waals surface area contributed by atoms with E-state index < -0.39 is 20.5 Å². The molecule has 0 unspecified atom stereocenters. The summed E-state index contributed by atoms with van der Waals surface area (Å²) in [5, 5.41) is 0. The van der Waals surface area contributed by atoms with Crippen molar-refractivity contribution in [1.82, 2.24) is 0 Å². The van der Waals surface area contributed by atoms with Gasteiger partial charge in [0.1, 0.15) is 16.6 Å². The highest BCUT2D eigenvalue weighted by Crippen LogP contribution is 2.27. The zero-order valence-electron chi connectivity index (χ0n) is 11.7. The van der Waals surface area contributed by atoms with Gasteiger partial charge in [0.25, 0.3) is 14.5 Å². The summed E-state index contributed by atoms with van der Waals surface area (Å²) < 4.78 is 64.7. The van der Waals surface area contributed by atoms with Crippen LogP contribution in [0, 0.1) is 0 Å². The normalized spacial score (nSPS) is 12.0. The minimum absolute atomic E-state index is 0.0685. The lowest BCUT2D eigenvalue weighted by Gasteiger charge is -1.94. The van der Waals surface area contributed by atoms with E-state index in [1.165, 1.54) is 12.1 Å². The Balaban J connectivity index is 0.000000346. The smallest absolute Gasteiger partial charge is 0.282 e. The van der Waals surface area contributed by atoms with Gasteiger partial charge in [0, 0.05) is 6.07 Å². The number of fused-ring (bicyclic) bond motifs is 1. The van der Waals surface area contributed by atoms with E-state index in [1.807, 2.05) is 17.9 Å². The highest BCUT2D eigenvalue weighted by Gasteiger charge is 2.19. The predicted molar refractivity (Wildman–Crippen MR) is 83.2 cm³/mol. The molecule has 1 heterocycles. The molecule has 2 aromatic rings. The topological polar surface area (TPSA) is 122 Å². The van der Waals surface area contributed by atoms with Gasteiger partial charge in [-0.05, 0) is 30.2 Å². The van der Waals surface area contributed by atoms with Crippen LogP contribution < -0.4 is 4.57 Å². The fourth-order valence-electron chi connectivity index (χ4n) is 1.45. The van der Waals surface area contributed by atoms with Crippen molar-refractivity contribution in [3.05, 3.63) is 18.2 Å². The van der Waals surface area contributed by atoms with Gasteiger partial charge < -0.3 is 0 Å². The first-order valence-electron chi connectivity index (χ1n) is 5.46. The number of nitrogens with zero attached hydrogens (tertiary/aromatic N) is 1. The Morgan fingerprint density at radius 1 is 1.23 bits per heavy atom. The summed E-state index contributed by atoms with van der Waals surface area (Å²) in [6.07, 6.45) is 1.97. The molecule has 8 nitrogen and oxygen atoms in total. The van der Waals surface area contributed by atoms with Crippen LogP contribution in [0.25, 0.3) is 10.2 Å². The molecule has 0 saturated carbocycles.